The van der Waals surface area contributed by atoms with Crippen LogP contribution in [0.4, 0.5) is 0 Å². The molecule has 2 rings (SSSR count). The van der Waals surface area contributed by atoms with Crippen molar-refractivity contribution >= 4 is 0 Å². The van der Waals surface area contributed by atoms with Crippen molar-refractivity contribution in [2.24, 2.45) is 10.8 Å². The zero-order valence-corrected chi connectivity index (χ0v) is 12.1. The Bertz CT molecular complexity index is 238. The Hall–Kier alpha value is -0.0400. The van der Waals surface area contributed by atoms with Gasteiger partial charge in [0, 0.05) is 12.6 Å². The van der Waals surface area contributed by atoms with Crippen molar-refractivity contribution in [3.8, 4) is 0 Å². The van der Waals surface area contributed by atoms with Gasteiger partial charge in [-0.3, -0.25) is 0 Å². The Kier molecular flexibility index (Phi) is 4.18. The average molecular weight is 237 g/mol. The van der Waals surface area contributed by atoms with E-state index >= 15 is 0 Å². The summed E-state index contributed by atoms with van der Waals surface area (Å²) < 4.78 is 0. The molecule has 0 saturated heterocycles. The van der Waals surface area contributed by atoms with Crippen LogP contribution in [-0.2, 0) is 0 Å². The van der Waals surface area contributed by atoms with E-state index < -0.39 is 0 Å². The first-order valence-corrected chi connectivity index (χ1v) is 7.81. The molecule has 0 amide bonds. The van der Waals surface area contributed by atoms with E-state index in [1.165, 1.54) is 64.3 Å². The molecule has 17 heavy (non-hydrogen) atoms. The lowest BCUT2D eigenvalue weighted by Crippen LogP contribution is -2.47. The maximum absolute atomic E-state index is 3.95. The fourth-order valence-electron chi connectivity index (χ4n) is 3.99. The van der Waals surface area contributed by atoms with Gasteiger partial charge in [0.25, 0.3) is 0 Å². The Balaban J connectivity index is 1.88. The minimum absolute atomic E-state index is 0.520. The Morgan fingerprint density at radius 2 is 1.65 bits per heavy atom. The van der Waals surface area contributed by atoms with Crippen molar-refractivity contribution in [1.29, 1.82) is 0 Å². The van der Waals surface area contributed by atoms with Crippen LogP contribution < -0.4 is 5.32 Å². The molecular formula is C16H31N. The lowest BCUT2D eigenvalue weighted by Gasteiger charge is -2.41. The number of rotatable bonds is 4. The monoisotopic (exact) mass is 237 g/mol. The molecule has 0 aliphatic heterocycles. The van der Waals surface area contributed by atoms with E-state index in [1.54, 1.807) is 0 Å². The number of nitrogens with one attached hydrogen (secondary N) is 1. The van der Waals surface area contributed by atoms with Gasteiger partial charge in [0.1, 0.15) is 0 Å². The molecule has 2 saturated carbocycles. The SMILES string of the molecule is CCC1(CNC2CCCCC2(C)C)CCCC1. The van der Waals surface area contributed by atoms with Crippen molar-refractivity contribution in [3.05, 3.63) is 0 Å². The molecule has 0 spiro atoms. The maximum Gasteiger partial charge on any atom is 0.0118 e. The average Bonchev–Trinajstić information content (AvgIpc) is 2.76. The van der Waals surface area contributed by atoms with Crippen molar-refractivity contribution < 1.29 is 0 Å². The summed E-state index contributed by atoms with van der Waals surface area (Å²) >= 11 is 0. The van der Waals surface area contributed by atoms with Crippen LogP contribution in [0.1, 0.15) is 78.6 Å². The van der Waals surface area contributed by atoms with Gasteiger partial charge >= 0.3 is 0 Å². The second-order valence-corrected chi connectivity index (χ2v) is 7.23. The predicted octanol–water partition coefficient (Wildman–Crippen LogP) is 4.52. The highest BCUT2D eigenvalue weighted by Gasteiger charge is 2.36. The summed E-state index contributed by atoms with van der Waals surface area (Å²) in [4.78, 5) is 0. The molecule has 1 heteroatoms. The largest absolute Gasteiger partial charge is 0.313 e. The third-order valence-corrected chi connectivity index (χ3v) is 5.64. The molecule has 0 aromatic heterocycles. The second-order valence-electron chi connectivity index (χ2n) is 7.23. The lowest BCUT2D eigenvalue weighted by molar-refractivity contribution is 0.144. The van der Waals surface area contributed by atoms with E-state index in [-0.39, 0.29) is 0 Å². The third kappa shape index (κ3) is 3.05. The molecule has 0 aromatic rings. The lowest BCUT2D eigenvalue weighted by atomic mass is 9.72. The van der Waals surface area contributed by atoms with Crippen LogP contribution in [-0.4, -0.2) is 12.6 Å². The zero-order chi connectivity index (χ0) is 12.4. The molecular weight excluding hydrogens is 206 g/mol. The summed E-state index contributed by atoms with van der Waals surface area (Å²) in [5, 5.41) is 3.95. The maximum atomic E-state index is 3.95. The Morgan fingerprint density at radius 3 is 2.24 bits per heavy atom. The van der Waals surface area contributed by atoms with Crippen molar-refractivity contribution in [2.75, 3.05) is 6.54 Å². The van der Waals surface area contributed by atoms with E-state index in [4.69, 9.17) is 0 Å². The summed E-state index contributed by atoms with van der Waals surface area (Å²) in [6.07, 6.45) is 12.9. The molecule has 1 unspecified atom stereocenters. The Labute approximate surface area is 108 Å². The standard InChI is InChI=1S/C16H31N/c1-4-16(11-7-8-12-16)13-17-14-9-5-6-10-15(14,2)3/h14,17H,4-13H2,1-3H3. The van der Waals surface area contributed by atoms with Crippen LogP contribution in [0.3, 0.4) is 0 Å². The van der Waals surface area contributed by atoms with Crippen LogP contribution in [0.25, 0.3) is 0 Å². The molecule has 1 nitrogen and oxygen atoms in total. The number of hydrogen-bond acceptors (Lipinski definition) is 1. The van der Waals surface area contributed by atoms with Crippen molar-refractivity contribution in [3.63, 3.8) is 0 Å². The van der Waals surface area contributed by atoms with E-state index in [0.717, 1.165) is 6.04 Å². The van der Waals surface area contributed by atoms with Crippen LogP contribution in [0.5, 0.6) is 0 Å². The van der Waals surface area contributed by atoms with Crippen LogP contribution in [0.15, 0.2) is 0 Å². The predicted molar refractivity (Wildman–Crippen MR) is 75.2 cm³/mol. The normalized spacial score (nSPS) is 31.6. The van der Waals surface area contributed by atoms with E-state index in [1.807, 2.05) is 0 Å². The smallest absolute Gasteiger partial charge is 0.0118 e. The minimum Gasteiger partial charge on any atom is -0.313 e. The van der Waals surface area contributed by atoms with Crippen LogP contribution in [0.2, 0.25) is 0 Å². The fourth-order valence-corrected chi connectivity index (χ4v) is 3.99. The zero-order valence-electron chi connectivity index (χ0n) is 12.1. The summed E-state index contributed by atoms with van der Waals surface area (Å²) in [5.41, 5.74) is 1.17. The summed E-state index contributed by atoms with van der Waals surface area (Å²) in [7, 11) is 0. The highest BCUT2D eigenvalue weighted by molar-refractivity contribution is 4.92. The molecule has 100 valence electrons. The molecule has 1 N–H and O–H groups in total. The van der Waals surface area contributed by atoms with E-state index in [2.05, 4.69) is 26.1 Å². The number of hydrogen-bond donors (Lipinski definition) is 1. The minimum atomic E-state index is 0.520. The molecule has 1 atom stereocenters. The summed E-state index contributed by atoms with van der Waals surface area (Å²) in [5.74, 6) is 0. The quantitative estimate of drug-likeness (QED) is 0.758. The Morgan fingerprint density at radius 1 is 1.00 bits per heavy atom. The van der Waals surface area contributed by atoms with E-state index in [0.29, 0.717) is 10.8 Å². The van der Waals surface area contributed by atoms with Gasteiger partial charge in [0.05, 0.1) is 0 Å². The molecule has 0 heterocycles. The van der Waals surface area contributed by atoms with Gasteiger partial charge < -0.3 is 5.32 Å². The molecule has 2 aliphatic rings. The van der Waals surface area contributed by atoms with Gasteiger partial charge in [-0.2, -0.15) is 0 Å². The van der Waals surface area contributed by atoms with Gasteiger partial charge in [-0.25, -0.2) is 0 Å². The fraction of sp³-hybridized carbons (Fsp3) is 1.00. The van der Waals surface area contributed by atoms with Crippen molar-refractivity contribution in [1.82, 2.24) is 5.32 Å². The van der Waals surface area contributed by atoms with Gasteiger partial charge in [0.2, 0.25) is 0 Å². The van der Waals surface area contributed by atoms with Crippen LogP contribution in [0, 0.1) is 10.8 Å². The first-order valence-electron chi connectivity index (χ1n) is 7.81. The molecule has 0 radical (unpaired) electrons. The highest BCUT2D eigenvalue weighted by Crippen LogP contribution is 2.41. The van der Waals surface area contributed by atoms with E-state index in [9.17, 15) is 0 Å². The van der Waals surface area contributed by atoms with Gasteiger partial charge in [-0.1, -0.05) is 46.5 Å². The van der Waals surface area contributed by atoms with Gasteiger partial charge in [-0.05, 0) is 42.9 Å². The molecule has 0 aromatic carbocycles. The summed E-state index contributed by atoms with van der Waals surface area (Å²) in [6.45, 7) is 8.57. The second kappa shape index (κ2) is 5.30. The van der Waals surface area contributed by atoms with Crippen LogP contribution >= 0.6 is 0 Å². The van der Waals surface area contributed by atoms with Gasteiger partial charge in [0.15, 0.2) is 0 Å². The summed E-state index contributed by atoms with van der Waals surface area (Å²) in [6, 6.07) is 0.764. The topological polar surface area (TPSA) is 12.0 Å². The highest BCUT2D eigenvalue weighted by atomic mass is 14.9. The molecule has 2 fully saturated rings. The van der Waals surface area contributed by atoms with Crippen molar-refractivity contribution in [2.45, 2.75) is 84.6 Å². The third-order valence-electron chi connectivity index (χ3n) is 5.64. The van der Waals surface area contributed by atoms with Gasteiger partial charge in [-0.15, -0.1) is 0 Å². The first kappa shape index (κ1) is 13.4. The molecule has 0 bridgehead atoms. The first-order chi connectivity index (χ1) is 8.08. The molecule has 2 aliphatic carbocycles.